The average Bonchev–Trinajstić information content (AvgIpc) is 2.76. The largest absolute Gasteiger partial charge is 0.393 e. The van der Waals surface area contributed by atoms with Gasteiger partial charge in [-0.1, -0.05) is 13.8 Å². The Morgan fingerprint density at radius 1 is 0.857 bits per heavy atom. The number of rotatable bonds is 0. The van der Waals surface area contributed by atoms with Gasteiger partial charge in [0.15, 0.2) is 0 Å². The fraction of sp³-hybridized carbons (Fsp3) is 1.00. The zero-order chi connectivity index (χ0) is 14.8. The average molecular weight is 292 g/mol. The lowest BCUT2D eigenvalue weighted by Crippen LogP contribution is -2.68. The molecule has 0 amide bonds. The third kappa shape index (κ3) is 1.91. The summed E-state index contributed by atoms with van der Waals surface area (Å²) in [6, 6.07) is 0.696. The Morgan fingerprint density at radius 2 is 1.57 bits per heavy atom. The van der Waals surface area contributed by atoms with Crippen LogP contribution in [0.1, 0.15) is 71.6 Å². The molecule has 0 aromatic carbocycles. The SMILES string of the molecule is C[C@]12CC[C@H](O)C[C@@H]1CC[C@H]1[C@H]3CC[C@H]([NH3+])[C@]3(C)CC[C@@H]12. The van der Waals surface area contributed by atoms with Crippen molar-refractivity contribution in [3.05, 3.63) is 0 Å². The van der Waals surface area contributed by atoms with Crippen molar-refractivity contribution in [2.75, 3.05) is 0 Å². The highest BCUT2D eigenvalue weighted by molar-refractivity contribution is 5.09. The minimum Gasteiger partial charge on any atom is -0.393 e. The summed E-state index contributed by atoms with van der Waals surface area (Å²) in [7, 11) is 0. The van der Waals surface area contributed by atoms with E-state index < -0.39 is 0 Å². The zero-order valence-electron chi connectivity index (χ0n) is 14.0. The Hall–Kier alpha value is -0.0800. The molecular weight excluding hydrogens is 258 g/mol. The van der Waals surface area contributed by atoms with Crippen molar-refractivity contribution in [3.63, 3.8) is 0 Å². The summed E-state index contributed by atoms with van der Waals surface area (Å²) in [5.74, 6) is 3.64. The second-order valence-electron chi connectivity index (χ2n) is 9.40. The van der Waals surface area contributed by atoms with Crippen LogP contribution in [0.15, 0.2) is 0 Å². The molecule has 4 N–H and O–H groups in total. The number of aliphatic hydroxyl groups excluding tert-OH is 1. The topological polar surface area (TPSA) is 47.9 Å². The van der Waals surface area contributed by atoms with E-state index in [4.69, 9.17) is 0 Å². The molecule has 2 heteroatoms. The number of hydrogen-bond donors (Lipinski definition) is 2. The molecule has 0 bridgehead atoms. The molecule has 0 aliphatic heterocycles. The lowest BCUT2D eigenvalue weighted by molar-refractivity contribution is -0.445. The van der Waals surface area contributed by atoms with E-state index in [1.807, 2.05) is 0 Å². The van der Waals surface area contributed by atoms with Gasteiger partial charge in [0.2, 0.25) is 0 Å². The van der Waals surface area contributed by atoms with E-state index >= 15 is 0 Å². The van der Waals surface area contributed by atoms with E-state index in [9.17, 15) is 5.11 Å². The van der Waals surface area contributed by atoms with E-state index in [0.717, 1.165) is 36.5 Å². The van der Waals surface area contributed by atoms with Crippen LogP contribution in [-0.4, -0.2) is 17.3 Å². The molecule has 0 saturated heterocycles. The molecule has 4 aliphatic rings. The highest BCUT2D eigenvalue weighted by Crippen LogP contribution is 2.65. The quantitative estimate of drug-likeness (QED) is 0.708. The van der Waals surface area contributed by atoms with Crippen molar-refractivity contribution < 1.29 is 10.8 Å². The Bertz CT molecular complexity index is 424. The summed E-state index contributed by atoms with van der Waals surface area (Å²) in [6.07, 6.45) is 11.9. The minimum absolute atomic E-state index is 0.0100. The lowest BCUT2D eigenvalue weighted by atomic mass is 9.45. The summed E-state index contributed by atoms with van der Waals surface area (Å²) < 4.78 is 0. The van der Waals surface area contributed by atoms with Gasteiger partial charge in [-0.05, 0) is 80.5 Å². The molecule has 0 unspecified atom stereocenters. The van der Waals surface area contributed by atoms with Gasteiger partial charge in [0.25, 0.3) is 0 Å². The molecule has 0 spiro atoms. The molecule has 4 fully saturated rings. The summed E-state index contributed by atoms with van der Waals surface area (Å²) >= 11 is 0. The van der Waals surface area contributed by atoms with Gasteiger partial charge in [0.1, 0.15) is 0 Å². The third-order valence-electron chi connectivity index (χ3n) is 8.83. The van der Waals surface area contributed by atoms with Crippen LogP contribution in [0.2, 0.25) is 0 Å². The molecule has 21 heavy (non-hydrogen) atoms. The van der Waals surface area contributed by atoms with Gasteiger partial charge in [-0.2, -0.15) is 0 Å². The van der Waals surface area contributed by atoms with Crippen LogP contribution in [0.4, 0.5) is 0 Å². The molecule has 0 aromatic rings. The molecule has 8 atom stereocenters. The van der Waals surface area contributed by atoms with E-state index in [1.165, 1.54) is 44.9 Å². The van der Waals surface area contributed by atoms with Crippen molar-refractivity contribution in [1.82, 2.24) is 0 Å². The second-order valence-corrected chi connectivity index (χ2v) is 9.40. The fourth-order valence-electron chi connectivity index (χ4n) is 7.34. The van der Waals surface area contributed by atoms with Crippen molar-refractivity contribution >= 4 is 0 Å². The molecule has 120 valence electrons. The summed E-state index contributed by atoms with van der Waals surface area (Å²) in [5, 5.41) is 10.1. The van der Waals surface area contributed by atoms with E-state index in [-0.39, 0.29) is 6.10 Å². The van der Waals surface area contributed by atoms with Gasteiger partial charge < -0.3 is 10.8 Å². The van der Waals surface area contributed by atoms with E-state index in [0.29, 0.717) is 16.9 Å². The molecule has 0 heterocycles. The standard InChI is InChI=1S/C19H33NO/c1-18-9-7-13(21)11-12(18)3-4-14-15-5-6-17(20)19(15,2)10-8-16(14)18/h12-17,21H,3-11,20H2,1-2H3/p+1/t12-,13-,14-,15+,16-,17-,18-,19+/m0/s1. The number of quaternary nitrogens is 1. The first-order valence-electron chi connectivity index (χ1n) is 9.46. The number of hydrogen-bond acceptors (Lipinski definition) is 1. The highest BCUT2D eigenvalue weighted by atomic mass is 16.3. The first-order chi connectivity index (χ1) is 9.95. The smallest absolute Gasteiger partial charge is 0.0900 e. The Labute approximate surface area is 129 Å². The molecule has 4 saturated carbocycles. The maximum absolute atomic E-state index is 10.1. The van der Waals surface area contributed by atoms with Crippen LogP contribution in [0.5, 0.6) is 0 Å². The van der Waals surface area contributed by atoms with Crippen LogP contribution in [0.25, 0.3) is 0 Å². The van der Waals surface area contributed by atoms with Crippen LogP contribution < -0.4 is 5.73 Å². The third-order valence-corrected chi connectivity index (χ3v) is 8.83. The van der Waals surface area contributed by atoms with Crippen molar-refractivity contribution in [2.45, 2.75) is 83.8 Å². The predicted octanol–water partition coefficient (Wildman–Crippen LogP) is 3.00. The summed E-state index contributed by atoms with van der Waals surface area (Å²) in [6.45, 7) is 5.14. The number of fused-ring (bicyclic) bond motifs is 5. The van der Waals surface area contributed by atoms with Gasteiger partial charge in [-0.3, -0.25) is 0 Å². The van der Waals surface area contributed by atoms with Crippen molar-refractivity contribution in [1.29, 1.82) is 0 Å². The van der Waals surface area contributed by atoms with Crippen LogP contribution in [-0.2, 0) is 0 Å². The second kappa shape index (κ2) is 4.71. The number of aliphatic hydroxyl groups is 1. The molecule has 4 aliphatic carbocycles. The van der Waals surface area contributed by atoms with Crippen molar-refractivity contribution in [2.24, 2.45) is 34.5 Å². The Balaban J connectivity index is 1.62. The minimum atomic E-state index is -0.0100. The van der Waals surface area contributed by atoms with Gasteiger partial charge in [-0.25, -0.2) is 0 Å². The molecule has 0 aromatic heterocycles. The predicted molar refractivity (Wildman–Crippen MR) is 84.4 cm³/mol. The Kier molecular flexibility index (Phi) is 3.25. The van der Waals surface area contributed by atoms with Gasteiger partial charge in [0.05, 0.1) is 12.1 Å². The van der Waals surface area contributed by atoms with E-state index in [2.05, 4.69) is 19.6 Å². The molecular formula is C19H34NO+. The monoisotopic (exact) mass is 292 g/mol. The molecule has 2 nitrogen and oxygen atoms in total. The maximum atomic E-state index is 10.1. The summed E-state index contributed by atoms with van der Waals surface area (Å²) in [4.78, 5) is 0. The van der Waals surface area contributed by atoms with Gasteiger partial charge in [0, 0.05) is 11.8 Å². The van der Waals surface area contributed by atoms with Crippen LogP contribution in [0.3, 0.4) is 0 Å². The maximum Gasteiger partial charge on any atom is 0.0900 e. The Morgan fingerprint density at radius 3 is 2.38 bits per heavy atom. The van der Waals surface area contributed by atoms with Crippen LogP contribution >= 0.6 is 0 Å². The van der Waals surface area contributed by atoms with Gasteiger partial charge in [-0.15, -0.1) is 0 Å². The molecule has 0 radical (unpaired) electrons. The first kappa shape index (κ1) is 14.5. The lowest BCUT2D eigenvalue weighted by Gasteiger charge is -2.60. The van der Waals surface area contributed by atoms with Crippen LogP contribution in [0, 0.1) is 34.5 Å². The first-order valence-corrected chi connectivity index (χ1v) is 9.46. The molecule has 4 rings (SSSR count). The summed E-state index contributed by atoms with van der Waals surface area (Å²) in [5.41, 5.74) is 5.58. The normalized spacial score (nSPS) is 60.0. The van der Waals surface area contributed by atoms with Gasteiger partial charge >= 0.3 is 0 Å². The van der Waals surface area contributed by atoms with Crippen molar-refractivity contribution in [3.8, 4) is 0 Å². The fourth-order valence-corrected chi connectivity index (χ4v) is 7.34. The highest BCUT2D eigenvalue weighted by Gasteiger charge is 2.60. The zero-order valence-corrected chi connectivity index (χ0v) is 14.0. The van der Waals surface area contributed by atoms with E-state index in [1.54, 1.807) is 0 Å².